The number of rotatable bonds is 6. The molecule has 4 aromatic carbocycles. The van der Waals surface area contributed by atoms with Crippen molar-refractivity contribution in [3.05, 3.63) is 101 Å². The van der Waals surface area contributed by atoms with E-state index in [4.69, 9.17) is 15.9 Å². The van der Waals surface area contributed by atoms with Crippen molar-refractivity contribution in [3.8, 4) is 23.8 Å². The molecule has 1 aliphatic heterocycles. The SMILES string of the molecule is C#CCN1C(=O)CC(c2ccc(OCc3ccccc3C)c(OC)c2)c2c1ccc1ccccc21. The largest absolute Gasteiger partial charge is 0.493 e. The van der Waals surface area contributed by atoms with E-state index < -0.39 is 0 Å². The van der Waals surface area contributed by atoms with Gasteiger partial charge in [0.2, 0.25) is 5.91 Å². The molecule has 4 heteroatoms. The van der Waals surface area contributed by atoms with Gasteiger partial charge in [-0.15, -0.1) is 6.42 Å². The zero-order chi connectivity index (χ0) is 24.4. The molecule has 1 unspecified atom stereocenters. The summed E-state index contributed by atoms with van der Waals surface area (Å²) in [5.74, 6) is 3.87. The van der Waals surface area contributed by atoms with Gasteiger partial charge in [0.1, 0.15) is 6.61 Å². The number of hydrogen-bond acceptors (Lipinski definition) is 3. The van der Waals surface area contributed by atoms with Gasteiger partial charge in [-0.25, -0.2) is 0 Å². The number of methoxy groups -OCH3 is 1. The van der Waals surface area contributed by atoms with E-state index in [1.807, 2.05) is 48.5 Å². The molecule has 4 nitrogen and oxygen atoms in total. The molecule has 1 amide bonds. The molecule has 1 heterocycles. The third-order valence-corrected chi connectivity index (χ3v) is 6.75. The van der Waals surface area contributed by atoms with Gasteiger partial charge in [-0.1, -0.05) is 66.6 Å². The van der Waals surface area contributed by atoms with E-state index in [9.17, 15) is 4.79 Å². The van der Waals surface area contributed by atoms with Crippen LogP contribution in [0.3, 0.4) is 0 Å². The summed E-state index contributed by atoms with van der Waals surface area (Å²) in [5.41, 5.74) is 5.32. The average molecular weight is 462 g/mol. The molecule has 0 aliphatic carbocycles. The predicted molar refractivity (Wildman–Crippen MR) is 140 cm³/mol. The number of nitrogens with zero attached hydrogens (tertiary/aromatic N) is 1. The van der Waals surface area contributed by atoms with E-state index in [1.165, 1.54) is 5.56 Å². The summed E-state index contributed by atoms with van der Waals surface area (Å²) in [4.78, 5) is 14.9. The highest BCUT2D eigenvalue weighted by molar-refractivity contribution is 6.03. The van der Waals surface area contributed by atoms with Gasteiger partial charge in [0.25, 0.3) is 0 Å². The van der Waals surface area contributed by atoms with Crippen LogP contribution in [0.25, 0.3) is 10.8 Å². The Morgan fingerprint density at radius 1 is 1.00 bits per heavy atom. The second-order valence-electron chi connectivity index (χ2n) is 8.79. The van der Waals surface area contributed by atoms with Gasteiger partial charge in [-0.2, -0.15) is 0 Å². The van der Waals surface area contributed by atoms with Crippen molar-refractivity contribution in [3.63, 3.8) is 0 Å². The average Bonchev–Trinajstić information content (AvgIpc) is 2.89. The molecule has 35 heavy (non-hydrogen) atoms. The molecule has 5 rings (SSSR count). The van der Waals surface area contributed by atoms with Crippen LogP contribution in [0, 0.1) is 19.3 Å². The highest BCUT2D eigenvalue weighted by Crippen LogP contribution is 2.45. The van der Waals surface area contributed by atoms with Gasteiger partial charge in [-0.05, 0) is 58.1 Å². The minimum Gasteiger partial charge on any atom is -0.493 e. The number of fused-ring (bicyclic) bond motifs is 3. The van der Waals surface area contributed by atoms with Gasteiger partial charge in [-0.3, -0.25) is 4.79 Å². The van der Waals surface area contributed by atoms with Crippen molar-refractivity contribution in [2.75, 3.05) is 18.6 Å². The van der Waals surface area contributed by atoms with Crippen molar-refractivity contribution in [1.82, 2.24) is 0 Å². The van der Waals surface area contributed by atoms with Crippen LogP contribution < -0.4 is 14.4 Å². The Hall–Kier alpha value is -4.23. The van der Waals surface area contributed by atoms with E-state index in [0.717, 1.165) is 33.2 Å². The smallest absolute Gasteiger partial charge is 0.228 e. The molecule has 0 fully saturated rings. The van der Waals surface area contributed by atoms with Crippen molar-refractivity contribution in [2.24, 2.45) is 0 Å². The minimum absolute atomic E-state index is 0.0228. The zero-order valence-electron chi connectivity index (χ0n) is 20.0. The van der Waals surface area contributed by atoms with Crippen LogP contribution in [0.5, 0.6) is 11.5 Å². The van der Waals surface area contributed by atoms with Crippen molar-refractivity contribution in [1.29, 1.82) is 0 Å². The summed E-state index contributed by atoms with van der Waals surface area (Å²) in [7, 11) is 1.64. The maximum atomic E-state index is 13.2. The molecule has 0 aromatic heterocycles. The first-order valence-electron chi connectivity index (χ1n) is 11.7. The molecule has 0 saturated heterocycles. The minimum atomic E-state index is -0.114. The van der Waals surface area contributed by atoms with E-state index >= 15 is 0 Å². The highest BCUT2D eigenvalue weighted by atomic mass is 16.5. The summed E-state index contributed by atoms with van der Waals surface area (Å²) in [5, 5.41) is 2.26. The number of ether oxygens (including phenoxy) is 2. The van der Waals surface area contributed by atoms with Gasteiger partial charge in [0.05, 0.1) is 13.7 Å². The number of carbonyl (C=O) groups excluding carboxylic acids is 1. The first kappa shape index (κ1) is 22.6. The van der Waals surface area contributed by atoms with Crippen LogP contribution in [0.4, 0.5) is 5.69 Å². The Kier molecular flexibility index (Phi) is 6.16. The molecule has 0 radical (unpaired) electrons. The molecule has 174 valence electrons. The summed E-state index contributed by atoms with van der Waals surface area (Å²) in [6.07, 6.45) is 5.94. The number of amides is 1. The fourth-order valence-corrected chi connectivity index (χ4v) is 4.90. The van der Waals surface area contributed by atoms with E-state index in [-0.39, 0.29) is 18.4 Å². The zero-order valence-corrected chi connectivity index (χ0v) is 20.0. The fraction of sp³-hybridized carbons (Fsp3) is 0.194. The second-order valence-corrected chi connectivity index (χ2v) is 8.79. The number of anilines is 1. The van der Waals surface area contributed by atoms with Crippen molar-refractivity contribution >= 4 is 22.4 Å². The van der Waals surface area contributed by atoms with E-state index in [0.29, 0.717) is 24.5 Å². The third-order valence-electron chi connectivity index (χ3n) is 6.75. The van der Waals surface area contributed by atoms with Crippen molar-refractivity contribution < 1.29 is 14.3 Å². The van der Waals surface area contributed by atoms with Gasteiger partial charge < -0.3 is 14.4 Å². The topological polar surface area (TPSA) is 38.8 Å². The molecule has 0 saturated carbocycles. The van der Waals surface area contributed by atoms with Crippen LogP contribution in [-0.2, 0) is 11.4 Å². The lowest BCUT2D eigenvalue weighted by Gasteiger charge is -2.34. The highest BCUT2D eigenvalue weighted by Gasteiger charge is 2.33. The second kappa shape index (κ2) is 9.56. The number of hydrogen-bond donors (Lipinski definition) is 0. The summed E-state index contributed by atoms with van der Waals surface area (Å²) in [6.45, 7) is 2.79. The molecule has 1 atom stereocenters. The molecule has 0 N–H and O–H groups in total. The predicted octanol–water partition coefficient (Wildman–Crippen LogP) is 6.24. The number of benzene rings is 4. The normalized spacial score (nSPS) is 14.9. The summed E-state index contributed by atoms with van der Waals surface area (Å²) < 4.78 is 11.8. The first-order valence-corrected chi connectivity index (χ1v) is 11.7. The first-order chi connectivity index (χ1) is 17.1. The monoisotopic (exact) mass is 461 g/mol. The van der Waals surface area contributed by atoms with E-state index in [2.05, 4.69) is 43.2 Å². The maximum Gasteiger partial charge on any atom is 0.228 e. The number of carbonyl (C=O) groups is 1. The van der Waals surface area contributed by atoms with Crippen LogP contribution >= 0.6 is 0 Å². The third kappa shape index (κ3) is 4.22. The molecule has 0 bridgehead atoms. The molecule has 4 aromatic rings. The van der Waals surface area contributed by atoms with Gasteiger partial charge in [0.15, 0.2) is 11.5 Å². The Bertz CT molecular complexity index is 1450. The summed E-state index contributed by atoms with van der Waals surface area (Å²) in [6, 6.07) is 26.5. The Morgan fingerprint density at radius 3 is 2.60 bits per heavy atom. The Labute approximate surface area is 206 Å². The van der Waals surface area contributed by atoms with Crippen LogP contribution in [0.15, 0.2) is 78.9 Å². The number of terminal acetylenes is 1. The molecular weight excluding hydrogens is 434 g/mol. The fourth-order valence-electron chi connectivity index (χ4n) is 4.90. The number of aryl methyl sites for hydroxylation is 1. The quantitative estimate of drug-likeness (QED) is 0.319. The standard InChI is InChI=1S/C31H27NO3/c1-4-17-32-27-15-13-22-10-7-8-12-25(22)31(27)26(19-30(32)33)23-14-16-28(29(18-23)34-3)35-20-24-11-6-5-9-21(24)2/h1,5-16,18,26H,17,19-20H2,2-3H3. The van der Waals surface area contributed by atoms with Crippen LogP contribution in [-0.4, -0.2) is 19.6 Å². The maximum absolute atomic E-state index is 13.2. The Morgan fingerprint density at radius 2 is 1.80 bits per heavy atom. The lowest BCUT2D eigenvalue weighted by Crippen LogP contribution is -2.37. The Balaban J connectivity index is 1.55. The van der Waals surface area contributed by atoms with Gasteiger partial charge >= 0.3 is 0 Å². The van der Waals surface area contributed by atoms with Crippen molar-refractivity contribution in [2.45, 2.75) is 25.9 Å². The molecular formula is C31H27NO3. The van der Waals surface area contributed by atoms with Crippen LogP contribution in [0.1, 0.15) is 34.6 Å². The van der Waals surface area contributed by atoms with Crippen LogP contribution in [0.2, 0.25) is 0 Å². The lowest BCUT2D eigenvalue weighted by atomic mass is 9.81. The van der Waals surface area contributed by atoms with Gasteiger partial charge in [0, 0.05) is 18.0 Å². The molecule has 1 aliphatic rings. The lowest BCUT2D eigenvalue weighted by molar-refractivity contribution is -0.119. The summed E-state index contributed by atoms with van der Waals surface area (Å²) >= 11 is 0. The molecule has 0 spiro atoms. The van der Waals surface area contributed by atoms with E-state index in [1.54, 1.807) is 12.0 Å².